The van der Waals surface area contributed by atoms with Gasteiger partial charge in [0.15, 0.2) is 25.0 Å². The molecular formula is C53H86O21. The monoisotopic (exact) mass is 1060 g/mol. The molecule has 4 heterocycles. The van der Waals surface area contributed by atoms with Gasteiger partial charge in [0.1, 0.15) is 73.2 Å². The topological polar surface area (TPSA) is 334 Å². The molecule has 9 aliphatic rings. The summed E-state index contributed by atoms with van der Waals surface area (Å²) in [5.41, 5.74) is -3.15. The molecule has 12 N–H and O–H groups in total. The number of aliphatic hydroxyl groups excluding tert-OH is 11. The van der Waals surface area contributed by atoms with E-state index in [2.05, 4.69) is 40.7 Å². The van der Waals surface area contributed by atoms with Crippen LogP contribution >= 0.6 is 0 Å². The SMILES string of the molecule is C[C@@H]1O[C@@H](O[C@H]2[C@H](O[C@H]3CC[C@]4(C)[C@H]5CC=C6[C@H]7[C@](C(=O)O[C@@H]8O[C@H](CO)[C@@H](O)[C@H](O)[C@H]8O[C@@H]8O[C@@H](C)[C@H](O)[C@@H](O)[C@H]8O)(CC[C@@H](C)[C@@]7(C)O)CC[C@@]6(C)[C@]5(C)CC[C@H]4C3(C)C)OC[C@H](O)[C@@H]2O)[C@H](O)[C@H](O)[C@H]1O. The largest absolute Gasteiger partial charge is 0.432 e. The molecule has 21 nitrogen and oxygen atoms in total. The van der Waals surface area contributed by atoms with E-state index in [0.29, 0.717) is 38.5 Å². The van der Waals surface area contributed by atoms with Crippen LogP contribution in [0.5, 0.6) is 0 Å². The summed E-state index contributed by atoms with van der Waals surface area (Å²) in [5, 5.41) is 131. The Morgan fingerprint density at radius 2 is 1.22 bits per heavy atom. The second-order valence-corrected chi connectivity index (χ2v) is 25.5. The van der Waals surface area contributed by atoms with Crippen molar-refractivity contribution < 1.29 is 104 Å². The molecule has 424 valence electrons. The third-order valence-electron chi connectivity index (χ3n) is 21.4. The molecule has 0 aromatic heterocycles. The minimum atomic E-state index is -1.83. The number of esters is 1. The quantitative estimate of drug-likeness (QED) is 0.0796. The Hall–Kier alpha value is -1.55. The van der Waals surface area contributed by atoms with Crippen molar-refractivity contribution >= 4 is 5.97 Å². The molecule has 0 bridgehead atoms. The maximum atomic E-state index is 15.3. The molecule has 8 fully saturated rings. The lowest BCUT2D eigenvalue weighted by molar-refractivity contribution is -0.364. The van der Waals surface area contributed by atoms with Crippen molar-refractivity contribution in [2.75, 3.05) is 13.2 Å². The van der Waals surface area contributed by atoms with Gasteiger partial charge >= 0.3 is 5.97 Å². The van der Waals surface area contributed by atoms with E-state index in [1.807, 2.05) is 6.92 Å². The van der Waals surface area contributed by atoms with Crippen molar-refractivity contribution in [3.05, 3.63) is 11.6 Å². The Kier molecular flexibility index (Phi) is 15.6. The molecule has 0 aromatic rings. The van der Waals surface area contributed by atoms with Crippen molar-refractivity contribution in [1.29, 1.82) is 0 Å². The average Bonchev–Trinajstić information content (AvgIpc) is 3.34. The molecule has 0 radical (unpaired) electrons. The zero-order valence-electron chi connectivity index (χ0n) is 44.3. The Morgan fingerprint density at radius 1 is 0.622 bits per heavy atom. The van der Waals surface area contributed by atoms with Crippen LogP contribution in [0.3, 0.4) is 0 Å². The first-order valence-corrected chi connectivity index (χ1v) is 27.1. The van der Waals surface area contributed by atoms with E-state index in [1.165, 1.54) is 13.8 Å². The molecule has 4 saturated carbocycles. The standard InChI is InChI=1S/C53H86O21/c1-22-12-17-53(47(65)74-46-41(37(62)34(59)27(20-54)70-46)73-44-39(64)36(61)32(57)24(3)69-44)19-18-50(7)25(42(53)52(22,9)66)10-11-29-49(6)15-14-30(48(4,5)28(49)13-16-51(29,50)8)71-45-40(33(58)26(55)21-67-45)72-43-38(63)35(60)31(56)23(2)68-43/h10,22-24,26-46,54-64,66H,11-21H2,1-9H3/t22-,23+,24+,26+,27-,28+,29-,30+,31+,32+,33+,34-,35-,36-,37+,38-,39-,40-,41-,42-,43+,44+,45+,46+,49+,50-,51-,52-,53+/m1/s1. The molecule has 0 aromatic carbocycles. The highest BCUT2D eigenvalue weighted by Gasteiger charge is 2.72. The maximum Gasteiger partial charge on any atom is 0.315 e. The lowest BCUT2D eigenvalue weighted by atomic mass is 9.33. The number of fused-ring (bicyclic) bond motifs is 7. The molecular weight excluding hydrogens is 973 g/mol. The van der Waals surface area contributed by atoms with Crippen molar-refractivity contribution in [2.24, 2.45) is 50.7 Å². The van der Waals surface area contributed by atoms with Crippen LogP contribution in [-0.2, 0) is 42.7 Å². The first kappa shape index (κ1) is 57.1. The second-order valence-electron chi connectivity index (χ2n) is 25.5. The minimum absolute atomic E-state index is 0.138. The van der Waals surface area contributed by atoms with Crippen LogP contribution in [0, 0.1) is 50.7 Å². The predicted octanol–water partition coefficient (Wildman–Crippen LogP) is -0.370. The molecule has 0 amide bonds. The van der Waals surface area contributed by atoms with Gasteiger partial charge in [0.2, 0.25) is 6.29 Å². The highest BCUT2D eigenvalue weighted by atomic mass is 16.8. The molecule has 9 rings (SSSR count). The van der Waals surface area contributed by atoms with E-state index in [-0.39, 0.29) is 35.2 Å². The summed E-state index contributed by atoms with van der Waals surface area (Å²) in [5.74, 6) is -1.34. The zero-order chi connectivity index (χ0) is 54.2. The van der Waals surface area contributed by atoms with Gasteiger partial charge in [0, 0.05) is 5.92 Å². The van der Waals surface area contributed by atoms with Crippen LogP contribution in [0.1, 0.15) is 120 Å². The number of hydrogen-bond acceptors (Lipinski definition) is 21. The number of carbonyl (C=O) groups is 1. The summed E-state index contributed by atoms with van der Waals surface area (Å²) in [6.45, 7) is 17.2. The van der Waals surface area contributed by atoms with Gasteiger partial charge in [0.25, 0.3) is 0 Å². The lowest BCUT2D eigenvalue weighted by Gasteiger charge is -2.72. The second kappa shape index (κ2) is 20.2. The minimum Gasteiger partial charge on any atom is -0.432 e. The van der Waals surface area contributed by atoms with Gasteiger partial charge in [-0.05, 0) is 118 Å². The van der Waals surface area contributed by atoms with E-state index in [9.17, 15) is 61.3 Å². The van der Waals surface area contributed by atoms with Crippen molar-refractivity contribution in [2.45, 2.75) is 249 Å². The fraction of sp³-hybridized carbons (Fsp3) is 0.943. The van der Waals surface area contributed by atoms with E-state index in [4.69, 9.17) is 37.9 Å². The smallest absolute Gasteiger partial charge is 0.315 e. The number of ether oxygens (including phenoxy) is 8. The summed E-state index contributed by atoms with van der Waals surface area (Å²) in [6, 6.07) is 0. The molecule has 4 aliphatic heterocycles. The molecule has 4 saturated heterocycles. The molecule has 0 spiro atoms. The van der Waals surface area contributed by atoms with Crippen LogP contribution in [0.25, 0.3) is 0 Å². The van der Waals surface area contributed by atoms with E-state index in [0.717, 1.165) is 24.8 Å². The highest BCUT2D eigenvalue weighted by molar-refractivity contribution is 5.79. The lowest BCUT2D eigenvalue weighted by Crippen LogP contribution is -2.68. The first-order valence-electron chi connectivity index (χ1n) is 27.1. The van der Waals surface area contributed by atoms with E-state index < -0.39 is 163 Å². The fourth-order valence-electron chi connectivity index (χ4n) is 16.3. The molecule has 21 heteroatoms. The van der Waals surface area contributed by atoms with Gasteiger partial charge in [-0.25, -0.2) is 0 Å². The summed E-state index contributed by atoms with van der Waals surface area (Å²) in [4.78, 5) is 15.3. The maximum absolute atomic E-state index is 15.3. The first-order chi connectivity index (χ1) is 34.5. The molecule has 29 atom stereocenters. The molecule has 5 aliphatic carbocycles. The summed E-state index contributed by atoms with van der Waals surface area (Å²) in [6.07, 6.45) is -20.9. The van der Waals surface area contributed by atoms with Crippen molar-refractivity contribution in [3.8, 4) is 0 Å². The van der Waals surface area contributed by atoms with Gasteiger partial charge in [0.05, 0.1) is 42.5 Å². The van der Waals surface area contributed by atoms with Gasteiger partial charge in [-0.1, -0.05) is 53.2 Å². The third-order valence-corrected chi connectivity index (χ3v) is 21.4. The van der Waals surface area contributed by atoms with Gasteiger partial charge in [-0.3, -0.25) is 4.79 Å². The summed E-state index contributed by atoms with van der Waals surface area (Å²) in [7, 11) is 0. The van der Waals surface area contributed by atoms with Crippen LogP contribution in [0.4, 0.5) is 0 Å². The fourth-order valence-corrected chi connectivity index (χ4v) is 16.3. The van der Waals surface area contributed by atoms with Crippen LogP contribution in [0.15, 0.2) is 11.6 Å². The van der Waals surface area contributed by atoms with Crippen molar-refractivity contribution in [1.82, 2.24) is 0 Å². The molecule has 74 heavy (non-hydrogen) atoms. The Morgan fingerprint density at radius 3 is 1.81 bits per heavy atom. The summed E-state index contributed by atoms with van der Waals surface area (Å²) < 4.78 is 48.5. The number of aliphatic hydroxyl groups is 12. The van der Waals surface area contributed by atoms with E-state index in [1.54, 1.807) is 6.92 Å². The molecule has 0 unspecified atom stereocenters. The van der Waals surface area contributed by atoms with Gasteiger partial charge in [-0.15, -0.1) is 0 Å². The van der Waals surface area contributed by atoms with Crippen molar-refractivity contribution in [3.63, 3.8) is 0 Å². The number of hydrogen-bond donors (Lipinski definition) is 12. The third kappa shape index (κ3) is 8.80. The van der Waals surface area contributed by atoms with Crippen LogP contribution in [0.2, 0.25) is 0 Å². The number of rotatable bonds is 9. The highest BCUT2D eigenvalue weighted by Crippen LogP contribution is 2.76. The predicted molar refractivity (Wildman–Crippen MR) is 255 cm³/mol. The Labute approximate surface area is 433 Å². The van der Waals surface area contributed by atoms with Crippen LogP contribution < -0.4 is 0 Å². The Bertz CT molecular complexity index is 2060. The zero-order valence-corrected chi connectivity index (χ0v) is 44.3. The van der Waals surface area contributed by atoms with E-state index >= 15 is 4.79 Å². The number of carbonyl (C=O) groups excluding carboxylic acids is 1. The normalized spacial score (nSPS) is 56.4. The Balaban J connectivity index is 0.974. The summed E-state index contributed by atoms with van der Waals surface area (Å²) >= 11 is 0. The van der Waals surface area contributed by atoms with Gasteiger partial charge < -0.3 is 99.2 Å². The number of allylic oxidation sites excluding steroid dienone is 1. The van der Waals surface area contributed by atoms with Crippen LogP contribution in [-0.4, -0.2) is 209 Å². The average molecular weight is 1060 g/mol. The van der Waals surface area contributed by atoms with Gasteiger partial charge in [-0.2, -0.15) is 0 Å².